The Balaban J connectivity index is 2.21. The number of rotatable bonds is 3. The number of benzene rings is 2. The predicted octanol–water partition coefficient (Wildman–Crippen LogP) is 2.93. The van der Waals surface area contributed by atoms with Crippen LogP contribution in [0.1, 0.15) is 10.4 Å². The van der Waals surface area contributed by atoms with Crippen LogP contribution in [0.5, 0.6) is 11.5 Å². The summed E-state index contributed by atoms with van der Waals surface area (Å²) in [6, 6.07) is 7.07. The standard InChI is InChI=1S/C14H11F2NO3/c1-20-13-6-8(2-5-12(13)18)14(19)17-9-3-4-10(15)11(16)7-9/h2-7,18H,1H3,(H,17,19). The number of carbonyl (C=O) groups excluding carboxylic acids is 1. The van der Waals surface area contributed by atoms with Gasteiger partial charge in [0.05, 0.1) is 7.11 Å². The third kappa shape index (κ3) is 2.85. The van der Waals surface area contributed by atoms with E-state index in [0.717, 1.165) is 12.1 Å². The molecule has 2 rings (SSSR count). The minimum atomic E-state index is -1.05. The zero-order valence-electron chi connectivity index (χ0n) is 10.5. The minimum absolute atomic E-state index is 0.100. The van der Waals surface area contributed by atoms with E-state index in [1.54, 1.807) is 0 Å². The van der Waals surface area contributed by atoms with Gasteiger partial charge in [-0.15, -0.1) is 0 Å². The molecule has 4 nitrogen and oxygen atoms in total. The van der Waals surface area contributed by atoms with E-state index in [0.29, 0.717) is 0 Å². The Kier molecular flexibility index (Phi) is 3.84. The summed E-state index contributed by atoms with van der Waals surface area (Å²) in [5, 5.41) is 11.8. The van der Waals surface area contributed by atoms with Crippen molar-refractivity contribution >= 4 is 11.6 Å². The Morgan fingerprint density at radius 3 is 2.55 bits per heavy atom. The Morgan fingerprint density at radius 1 is 1.15 bits per heavy atom. The number of hydrogen-bond acceptors (Lipinski definition) is 3. The first-order chi connectivity index (χ1) is 9.51. The fraction of sp³-hybridized carbons (Fsp3) is 0.0714. The van der Waals surface area contributed by atoms with E-state index in [1.165, 1.54) is 31.4 Å². The normalized spacial score (nSPS) is 10.2. The van der Waals surface area contributed by atoms with Crippen LogP contribution in [0.3, 0.4) is 0 Å². The Morgan fingerprint density at radius 2 is 1.90 bits per heavy atom. The number of amides is 1. The number of nitrogens with one attached hydrogen (secondary N) is 1. The summed E-state index contributed by atoms with van der Waals surface area (Å²) in [4.78, 5) is 11.9. The van der Waals surface area contributed by atoms with Crippen molar-refractivity contribution in [2.24, 2.45) is 0 Å². The van der Waals surface area contributed by atoms with Crippen molar-refractivity contribution in [1.29, 1.82) is 0 Å². The van der Waals surface area contributed by atoms with Crippen molar-refractivity contribution in [3.63, 3.8) is 0 Å². The molecule has 2 N–H and O–H groups in total. The first kappa shape index (κ1) is 13.8. The second-order valence-corrected chi connectivity index (χ2v) is 3.97. The molecule has 0 atom stereocenters. The van der Waals surface area contributed by atoms with Gasteiger partial charge in [-0.25, -0.2) is 8.78 Å². The van der Waals surface area contributed by atoms with Crippen molar-refractivity contribution in [3.05, 3.63) is 53.6 Å². The van der Waals surface area contributed by atoms with Crippen LogP contribution in [0.15, 0.2) is 36.4 Å². The number of phenolic OH excluding ortho intramolecular Hbond substituents is 1. The molecule has 0 unspecified atom stereocenters. The lowest BCUT2D eigenvalue weighted by molar-refractivity contribution is 0.102. The monoisotopic (exact) mass is 279 g/mol. The lowest BCUT2D eigenvalue weighted by atomic mass is 10.2. The van der Waals surface area contributed by atoms with Gasteiger partial charge >= 0.3 is 0 Å². The number of hydrogen-bond donors (Lipinski definition) is 2. The number of methoxy groups -OCH3 is 1. The van der Waals surface area contributed by atoms with Crippen molar-refractivity contribution in [2.75, 3.05) is 12.4 Å². The van der Waals surface area contributed by atoms with Gasteiger partial charge in [-0.05, 0) is 30.3 Å². The number of anilines is 1. The van der Waals surface area contributed by atoms with Crippen LogP contribution >= 0.6 is 0 Å². The summed E-state index contributed by atoms with van der Waals surface area (Å²) in [6.07, 6.45) is 0. The summed E-state index contributed by atoms with van der Waals surface area (Å²) in [5.41, 5.74) is 0.338. The molecule has 0 aliphatic carbocycles. The summed E-state index contributed by atoms with van der Waals surface area (Å²) in [6.45, 7) is 0. The van der Waals surface area contributed by atoms with Gasteiger partial charge < -0.3 is 15.2 Å². The van der Waals surface area contributed by atoms with Crippen LogP contribution in [0.25, 0.3) is 0 Å². The first-order valence-corrected chi connectivity index (χ1v) is 5.64. The van der Waals surface area contributed by atoms with Crippen LogP contribution in [0.4, 0.5) is 14.5 Å². The van der Waals surface area contributed by atoms with Crippen LogP contribution in [-0.2, 0) is 0 Å². The van der Waals surface area contributed by atoms with Crippen molar-refractivity contribution in [2.45, 2.75) is 0 Å². The van der Waals surface area contributed by atoms with Crippen LogP contribution < -0.4 is 10.1 Å². The Hall–Kier alpha value is -2.63. The fourth-order valence-electron chi connectivity index (χ4n) is 1.60. The molecule has 0 heterocycles. The highest BCUT2D eigenvalue weighted by molar-refractivity contribution is 6.04. The SMILES string of the molecule is COc1cc(C(=O)Nc2ccc(F)c(F)c2)ccc1O. The zero-order valence-corrected chi connectivity index (χ0v) is 10.5. The highest BCUT2D eigenvalue weighted by Gasteiger charge is 2.11. The Labute approximate surface area is 113 Å². The lowest BCUT2D eigenvalue weighted by Crippen LogP contribution is -2.12. The van der Waals surface area contributed by atoms with Gasteiger partial charge in [-0.3, -0.25) is 4.79 Å². The lowest BCUT2D eigenvalue weighted by Gasteiger charge is -2.08. The van der Waals surface area contributed by atoms with Crippen LogP contribution in [-0.4, -0.2) is 18.1 Å². The summed E-state index contributed by atoms with van der Waals surface area (Å²) in [7, 11) is 1.35. The van der Waals surface area contributed by atoms with Crippen LogP contribution in [0, 0.1) is 11.6 Å². The molecule has 0 radical (unpaired) electrons. The maximum Gasteiger partial charge on any atom is 0.255 e. The van der Waals surface area contributed by atoms with Gasteiger partial charge in [0, 0.05) is 17.3 Å². The van der Waals surface area contributed by atoms with E-state index in [1.807, 2.05) is 0 Å². The second kappa shape index (κ2) is 5.56. The molecule has 0 saturated carbocycles. The molecule has 20 heavy (non-hydrogen) atoms. The molecule has 2 aromatic carbocycles. The van der Waals surface area contributed by atoms with Crippen LogP contribution in [0.2, 0.25) is 0 Å². The van der Waals surface area contributed by atoms with Crippen molar-refractivity contribution in [3.8, 4) is 11.5 Å². The quantitative estimate of drug-likeness (QED) is 0.908. The fourth-order valence-corrected chi connectivity index (χ4v) is 1.60. The van der Waals surface area contributed by atoms with Gasteiger partial charge in [0.25, 0.3) is 5.91 Å². The van der Waals surface area contributed by atoms with E-state index in [4.69, 9.17) is 4.74 Å². The minimum Gasteiger partial charge on any atom is -0.504 e. The molecule has 0 fully saturated rings. The Bertz CT molecular complexity index is 659. The van der Waals surface area contributed by atoms with Crippen molar-refractivity contribution in [1.82, 2.24) is 0 Å². The molecular formula is C14H11F2NO3. The molecule has 0 bridgehead atoms. The molecule has 0 aliphatic heterocycles. The summed E-state index contributed by atoms with van der Waals surface area (Å²) < 4.78 is 30.7. The molecule has 1 amide bonds. The largest absolute Gasteiger partial charge is 0.504 e. The van der Waals surface area contributed by atoms with Gasteiger partial charge in [-0.1, -0.05) is 0 Å². The van der Waals surface area contributed by atoms with Crippen molar-refractivity contribution < 1.29 is 23.4 Å². The number of phenols is 1. The van der Waals surface area contributed by atoms with E-state index in [2.05, 4.69) is 5.32 Å². The molecule has 6 heteroatoms. The van der Waals surface area contributed by atoms with E-state index in [9.17, 15) is 18.7 Å². The maximum atomic E-state index is 13.0. The molecular weight excluding hydrogens is 268 g/mol. The van der Waals surface area contributed by atoms with E-state index in [-0.39, 0.29) is 22.7 Å². The zero-order chi connectivity index (χ0) is 14.7. The third-order valence-electron chi connectivity index (χ3n) is 2.62. The average molecular weight is 279 g/mol. The number of aromatic hydroxyl groups is 1. The highest BCUT2D eigenvalue weighted by atomic mass is 19.2. The first-order valence-electron chi connectivity index (χ1n) is 5.64. The van der Waals surface area contributed by atoms with Gasteiger partial charge in [-0.2, -0.15) is 0 Å². The highest BCUT2D eigenvalue weighted by Crippen LogP contribution is 2.26. The summed E-state index contributed by atoms with van der Waals surface area (Å²) >= 11 is 0. The summed E-state index contributed by atoms with van der Waals surface area (Å²) in [5.74, 6) is -2.53. The van der Waals surface area contributed by atoms with E-state index >= 15 is 0 Å². The number of ether oxygens (including phenoxy) is 1. The number of halogens is 2. The molecule has 0 aromatic heterocycles. The molecule has 2 aromatic rings. The van der Waals surface area contributed by atoms with Gasteiger partial charge in [0.2, 0.25) is 0 Å². The topological polar surface area (TPSA) is 58.6 Å². The number of carbonyl (C=O) groups is 1. The van der Waals surface area contributed by atoms with Gasteiger partial charge in [0.15, 0.2) is 23.1 Å². The van der Waals surface area contributed by atoms with Gasteiger partial charge in [0.1, 0.15) is 0 Å². The molecule has 0 spiro atoms. The maximum absolute atomic E-state index is 13.0. The average Bonchev–Trinajstić information content (AvgIpc) is 2.43. The smallest absolute Gasteiger partial charge is 0.255 e. The predicted molar refractivity (Wildman–Crippen MR) is 69.0 cm³/mol. The third-order valence-corrected chi connectivity index (χ3v) is 2.62. The van der Waals surface area contributed by atoms with E-state index < -0.39 is 17.5 Å². The molecule has 0 saturated heterocycles. The molecule has 104 valence electrons. The molecule has 0 aliphatic rings. The second-order valence-electron chi connectivity index (χ2n) is 3.97.